The average Bonchev–Trinajstić information content (AvgIpc) is 3.21. The van der Waals surface area contributed by atoms with Gasteiger partial charge in [0.1, 0.15) is 27.8 Å². The number of pyridine rings is 1. The summed E-state index contributed by atoms with van der Waals surface area (Å²) < 4.78 is 78.3. The molecule has 3 atom stereocenters. The standard InChI is InChI=1S/C18H16F5N5O4S/c19-15(20)32-9-1-2-10(25-4-9)13(29)26-12-6-33-14(27-12)17-7-31-11(18(21,22)23)3-8(17)5-30-16(24)28-17/h1-2,4,6,8,11,15H,3,5,7H2,(H2,24,28)(H,26,29)/t8-,11?,17-/m1/s1. The first-order valence-electron chi connectivity index (χ1n) is 9.41. The lowest BCUT2D eigenvalue weighted by Gasteiger charge is -2.44. The molecule has 33 heavy (non-hydrogen) atoms. The van der Waals surface area contributed by atoms with Gasteiger partial charge in [0, 0.05) is 11.3 Å². The van der Waals surface area contributed by atoms with E-state index in [9.17, 15) is 26.7 Å². The highest BCUT2D eigenvalue weighted by Gasteiger charge is 2.56. The quantitative estimate of drug-likeness (QED) is 0.615. The first-order chi connectivity index (χ1) is 15.6. The zero-order chi connectivity index (χ0) is 23.8. The van der Waals surface area contributed by atoms with Gasteiger partial charge in [-0.2, -0.15) is 22.0 Å². The van der Waals surface area contributed by atoms with Gasteiger partial charge in [-0.1, -0.05) is 0 Å². The van der Waals surface area contributed by atoms with E-state index in [1.807, 2.05) is 0 Å². The molecule has 0 saturated carbocycles. The average molecular weight is 493 g/mol. The molecule has 15 heteroatoms. The number of rotatable bonds is 5. The molecule has 2 aromatic heterocycles. The van der Waals surface area contributed by atoms with E-state index in [-0.39, 0.29) is 29.9 Å². The highest BCUT2D eigenvalue weighted by Crippen LogP contribution is 2.47. The summed E-state index contributed by atoms with van der Waals surface area (Å²) in [4.78, 5) is 24.7. The van der Waals surface area contributed by atoms with Crippen molar-refractivity contribution < 1.29 is 41.0 Å². The van der Waals surface area contributed by atoms with Crippen LogP contribution in [0, 0.1) is 5.92 Å². The fourth-order valence-corrected chi connectivity index (χ4v) is 4.48. The molecule has 2 aliphatic rings. The predicted molar refractivity (Wildman–Crippen MR) is 104 cm³/mol. The van der Waals surface area contributed by atoms with Crippen LogP contribution in [-0.4, -0.2) is 54.0 Å². The number of nitrogens with zero attached hydrogens (tertiary/aromatic N) is 3. The van der Waals surface area contributed by atoms with Gasteiger partial charge in [-0.05, 0) is 18.6 Å². The Kier molecular flexibility index (Phi) is 6.09. The molecule has 0 aliphatic carbocycles. The molecule has 4 rings (SSSR count). The Bertz CT molecular complexity index is 1050. The summed E-state index contributed by atoms with van der Waals surface area (Å²) in [6.07, 6.45) is -5.92. The molecular weight excluding hydrogens is 477 g/mol. The Labute approximate surface area is 186 Å². The van der Waals surface area contributed by atoms with Crippen molar-refractivity contribution in [3.63, 3.8) is 0 Å². The summed E-state index contributed by atoms with van der Waals surface area (Å²) in [6, 6.07) is 2.14. The van der Waals surface area contributed by atoms with Gasteiger partial charge in [0.25, 0.3) is 11.9 Å². The van der Waals surface area contributed by atoms with Gasteiger partial charge in [0.2, 0.25) is 0 Å². The smallest absolute Gasteiger partial charge is 0.414 e. The molecule has 0 radical (unpaired) electrons. The maximum atomic E-state index is 13.2. The van der Waals surface area contributed by atoms with Crippen LogP contribution in [-0.2, 0) is 15.0 Å². The minimum atomic E-state index is -4.54. The van der Waals surface area contributed by atoms with Gasteiger partial charge in [-0.15, -0.1) is 11.3 Å². The van der Waals surface area contributed by atoms with Crippen LogP contribution in [0.2, 0.25) is 0 Å². The van der Waals surface area contributed by atoms with Crippen LogP contribution < -0.4 is 15.8 Å². The Morgan fingerprint density at radius 1 is 1.36 bits per heavy atom. The van der Waals surface area contributed by atoms with Crippen molar-refractivity contribution in [1.29, 1.82) is 0 Å². The third kappa shape index (κ3) is 4.83. The number of fused-ring (bicyclic) bond motifs is 1. The number of aliphatic imine (C=N–C) groups is 1. The highest BCUT2D eigenvalue weighted by molar-refractivity contribution is 7.10. The van der Waals surface area contributed by atoms with Gasteiger partial charge in [0.05, 0.1) is 19.4 Å². The van der Waals surface area contributed by atoms with Crippen molar-refractivity contribution in [2.75, 3.05) is 18.5 Å². The minimum Gasteiger partial charge on any atom is -0.465 e. The highest BCUT2D eigenvalue weighted by atomic mass is 32.1. The molecule has 1 fully saturated rings. The van der Waals surface area contributed by atoms with E-state index >= 15 is 0 Å². The number of carbonyl (C=O) groups is 1. The number of aromatic nitrogens is 2. The minimum absolute atomic E-state index is 0.0930. The van der Waals surface area contributed by atoms with E-state index < -0.39 is 49.3 Å². The number of nitrogens with two attached hydrogens (primary N) is 1. The molecule has 178 valence electrons. The molecule has 1 saturated heterocycles. The van der Waals surface area contributed by atoms with Crippen molar-refractivity contribution in [2.45, 2.75) is 30.9 Å². The number of ether oxygens (including phenoxy) is 3. The number of thiazole rings is 1. The Morgan fingerprint density at radius 3 is 2.82 bits per heavy atom. The number of carbonyl (C=O) groups excluding carboxylic acids is 1. The second-order valence-corrected chi connectivity index (χ2v) is 8.07. The van der Waals surface area contributed by atoms with Crippen LogP contribution in [0.1, 0.15) is 21.9 Å². The van der Waals surface area contributed by atoms with E-state index in [0.717, 1.165) is 23.6 Å². The van der Waals surface area contributed by atoms with Crippen LogP contribution in [0.25, 0.3) is 0 Å². The third-order valence-corrected chi connectivity index (χ3v) is 6.11. The zero-order valence-corrected chi connectivity index (χ0v) is 17.3. The molecule has 0 spiro atoms. The zero-order valence-electron chi connectivity index (χ0n) is 16.5. The number of nitrogens with one attached hydrogen (secondary N) is 1. The first-order valence-corrected chi connectivity index (χ1v) is 10.3. The maximum absolute atomic E-state index is 13.2. The van der Waals surface area contributed by atoms with E-state index in [4.69, 9.17) is 15.2 Å². The molecule has 1 amide bonds. The topological polar surface area (TPSA) is 121 Å². The number of amides is 1. The van der Waals surface area contributed by atoms with Crippen LogP contribution in [0.4, 0.5) is 27.8 Å². The predicted octanol–water partition coefficient (Wildman–Crippen LogP) is 2.90. The Hall–Kier alpha value is -3.07. The summed E-state index contributed by atoms with van der Waals surface area (Å²) in [7, 11) is 0. The number of alkyl halides is 5. The molecule has 2 aromatic rings. The van der Waals surface area contributed by atoms with E-state index in [1.54, 1.807) is 0 Å². The van der Waals surface area contributed by atoms with Gasteiger partial charge in [-0.3, -0.25) is 4.79 Å². The first kappa shape index (κ1) is 23.1. The summed E-state index contributed by atoms with van der Waals surface area (Å²) >= 11 is 1.06. The fourth-order valence-electron chi connectivity index (χ4n) is 3.52. The molecule has 3 N–H and O–H groups in total. The van der Waals surface area contributed by atoms with E-state index in [0.29, 0.717) is 5.01 Å². The summed E-state index contributed by atoms with van der Waals surface area (Å²) in [5.41, 5.74) is 4.30. The molecule has 9 nitrogen and oxygen atoms in total. The van der Waals surface area contributed by atoms with Crippen molar-refractivity contribution in [3.05, 3.63) is 34.4 Å². The van der Waals surface area contributed by atoms with Crippen LogP contribution in [0.3, 0.4) is 0 Å². The van der Waals surface area contributed by atoms with Crippen molar-refractivity contribution >= 4 is 29.1 Å². The summed E-state index contributed by atoms with van der Waals surface area (Å²) in [6.45, 7) is -3.54. The lowest BCUT2D eigenvalue weighted by Crippen LogP contribution is -2.54. The number of hydrogen-bond acceptors (Lipinski definition) is 9. The van der Waals surface area contributed by atoms with Crippen LogP contribution in [0.5, 0.6) is 5.75 Å². The number of halogens is 5. The lowest BCUT2D eigenvalue weighted by molar-refractivity contribution is -0.249. The SMILES string of the molecule is NC1=N[C@]2(c3nc(NC(=O)c4ccc(OC(F)F)cn4)cs3)COC(C(F)(F)F)C[C@@H]2CO1. The van der Waals surface area contributed by atoms with Crippen molar-refractivity contribution in [3.8, 4) is 5.75 Å². The Morgan fingerprint density at radius 2 is 2.15 bits per heavy atom. The fraction of sp³-hybridized carbons (Fsp3) is 0.444. The molecule has 2 aliphatic heterocycles. The molecule has 1 unspecified atom stereocenters. The summed E-state index contributed by atoms with van der Waals surface area (Å²) in [5, 5.41) is 4.26. The number of amidine groups is 1. The van der Waals surface area contributed by atoms with Crippen LogP contribution in [0.15, 0.2) is 28.7 Å². The van der Waals surface area contributed by atoms with Gasteiger partial charge in [0.15, 0.2) is 6.10 Å². The molecule has 4 heterocycles. The third-order valence-electron chi connectivity index (χ3n) is 5.10. The molecular formula is C18H16F5N5O4S. The van der Waals surface area contributed by atoms with Gasteiger partial charge >= 0.3 is 12.8 Å². The van der Waals surface area contributed by atoms with Crippen LogP contribution >= 0.6 is 11.3 Å². The van der Waals surface area contributed by atoms with E-state index in [2.05, 4.69) is 25.0 Å². The largest absolute Gasteiger partial charge is 0.465 e. The monoisotopic (exact) mass is 493 g/mol. The van der Waals surface area contributed by atoms with Gasteiger partial charge < -0.3 is 25.3 Å². The van der Waals surface area contributed by atoms with E-state index in [1.165, 1.54) is 11.4 Å². The second kappa shape index (κ2) is 8.70. The Balaban J connectivity index is 1.52. The second-order valence-electron chi connectivity index (χ2n) is 7.21. The normalized spacial score (nSPS) is 25.1. The lowest BCUT2D eigenvalue weighted by atomic mass is 9.79. The van der Waals surface area contributed by atoms with Crippen molar-refractivity contribution in [1.82, 2.24) is 9.97 Å². The van der Waals surface area contributed by atoms with Gasteiger partial charge in [-0.25, -0.2) is 15.0 Å². The molecule has 0 aromatic carbocycles. The number of hydrogen-bond donors (Lipinski definition) is 2. The number of anilines is 1. The van der Waals surface area contributed by atoms with Crippen molar-refractivity contribution in [2.24, 2.45) is 16.6 Å². The summed E-state index contributed by atoms with van der Waals surface area (Å²) in [5.74, 6) is -1.51. The maximum Gasteiger partial charge on any atom is 0.414 e. The molecule has 0 bridgehead atoms.